The first-order valence-corrected chi connectivity index (χ1v) is 9.50. The molecule has 1 aromatic heterocycles. The van der Waals surface area contributed by atoms with Crippen molar-refractivity contribution < 1.29 is 9.53 Å². The molecule has 0 unspecified atom stereocenters. The maximum absolute atomic E-state index is 13.3. The third-order valence-electron chi connectivity index (χ3n) is 5.26. The van der Waals surface area contributed by atoms with Crippen LogP contribution in [0.4, 0.5) is 0 Å². The number of carbonyl (C=O) groups excluding carboxylic acids is 1. The van der Waals surface area contributed by atoms with E-state index < -0.39 is 0 Å². The number of rotatable bonds is 5. The lowest BCUT2D eigenvalue weighted by atomic mass is 10.0. The Morgan fingerprint density at radius 3 is 2.80 bits per heavy atom. The number of hydrogen-bond donors (Lipinski definition) is 0. The smallest absolute Gasteiger partial charge is 0.254 e. The minimum atomic E-state index is 0.120. The molecule has 136 valence electrons. The fourth-order valence-electron chi connectivity index (χ4n) is 3.65. The first-order valence-electron chi connectivity index (χ1n) is 9.50. The maximum Gasteiger partial charge on any atom is 0.254 e. The van der Waals surface area contributed by atoms with E-state index in [-0.39, 0.29) is 18.1 Å². The van der Waals surface area contributed by atoms with E-state index in [1.807, 2.05) is 36.3 Å². The number of amides is 1. The lowest BCUT2D eigenvalue weighted by molar-refractivity contribution is -0.0962. The summed E-state index contributed by atoms with van der Waals surface area (Å²) in [7, 11) is 2.01. The predicted molar refractivity (Wildman–Crippen MR) is 102 cm³/mol. The fourth-order valence-corrected chi connectivity index (χ4v) is 3.65. The summed E-state index contributed by atoms with van der Waals surface area (Å²) >= 11 is 0. The molecule has 3 rings (SSSR count). The van der Waals surface area contributed by atoms with Gasteiger partial charge < -0.3 is 14.2 Å². The molecule has 2 heterocycles. The molecule has 1 fully saturated rings. The molecule has 25 heavy (non-hydrogen) atoms. The first kappa shape index (κ1) is 18.0. The van der Waals surface area contributed by atoms with Gasteiger partial charge in [0.1, 0.15) is 0 Å². The zero-order valence-electron chi connectivity index (χ0n) is 15.9. The summed E-state index contributed by atoms with van der Waals surface area (Å²) in [6.07, 6.45) is 5.62. The van der Waals surface area contributed by atoms with Gasteiger partial charge in [-0.25, -0.2) is 0 Å². The van der Waals surface area contributed by atoms with Gasteiger partial charge in [0.15, 0.2) is 0 Å². The van der Waals surface area contributed by atoms with Crippen molar-refractivity contribution in [2.75, 3.05) is 13.1 Å². The van der Waals surface area contributed by atoms with E-state index in [0.717, 1.165) is 35.7 Å². The Balaban J connectivity index is 1.86. The van der Waals surface area contributed by atoms with Crippen LogP contribution in [0.3, 0.4) is 0 Å². The molecule has 0 bridgehead atoms. The molecule has 0 saturated carbocycles. The number of aromatic nitrogens is 1. The second-order valence-corrected chi connectivity index (χ2v) is 7.56. The summed E-state index contributed by atoms with van der Waals surface area (Å²) in [5, 5.41) is 1.03. The second-order valence-electron chi connectivity index (χ2n) is 7.56. The molecule has 2 aromatic rings. The average Bonchev–Trinajstić information content (AvgIpc) is 3.00. The van der Waals surface area contributed by atoms with Crippen LogP contribution >= 0.6 is 0 Å². The molecule has 4 heteroatoms. The highest BCUT2D eigenvalue weighted by atomic mass is 16.5. The first-order chi connectivity index (χ1) is 12.0. The van der Waals surface area contributed by atoms with Crippen LogP contribution in [0.25, 0.3) is 10.9 Å². The van der Waals surface area contributed by atoms with Crippen LogP contribution in [-0.2, 0) is 11.8 Å². The molecule has 4 nitrogen and oxygen atoms in total. The van der Waals surface area contributed by atoms with Gasteiger partial charge >= 0.3 is 0 Å². The summed E-state index contributed by atoms with van der Waals surface area (Å²) in [6.45, 7) is 7.93. The third-order valence-corrected chi connectivity index (χ3v) is 5.26. The van der Waals surface area contributed by atoms with Crippen LogP contribution in [0.5, 0.6) is 0 Å². The van der Waals surface area contributed by atoms with Gasteiger partial charge in [-0.1, -0.05) is 39.7 Å². The van der Waals surface area contributed by atoms with E-state index in [1.165, 1.54) is 0 Å². The summed E-state index contributed by atoms with van der Waals surface area (Å²) in [4.78, 5) is 15.3. The number of nitrogens with zero attached hydrogens (tertiary/aromatic N) is 2. The van der Waals surface area contributed by atoms with Crippen LogP contribution in [0, 0.1) is 5.92 Å². The highest BCUT2D eigenvalue weighted by Gasteiger charge is 2.32. The zero-order valence-corrected chi connectivity index (χ0v) is 15.9. The minimum Gasteiger partial charge on any atom is -0.371 e. The molecule has 0 N–H and O–H groups in total. The van der Waals surface area contributed by atoms with Crippen molar-refractivity contribution in [3.05, 3.63) is 36.0 Å². The number of carbonyl (C=O) groups is 1. The molecule has 1 amide bonds. The number of fused-ring (bicyclic) bond motifs is 1. The molecule has 1 aromatic carbocycles. The highest BCUT2D eigenvalue weighted by Crippen LogP contribution is 2.25. The van der Waals surface area contributed by atoms with Crippen LogP contribution in [0.1, 0.15) is 50.4 Å². The van der Waals surface area contributed by atoms with Crippen molar-refractivity contribution in [3.8, 4) is 0 Å². The Labute approximate surface area is 150 Å². The number of unbranched alkanes of at least 4 members (excludes halogenated alkanes) is 1. The summed E-state index contributed by atoms with van der Waals surface area (Å²) in [6, 6.07) is 8.03. The third kappa shape index (κ3) is 3.74. The van der Waals surface area contributed by atoms with Gasteiger partial charge in [-0.15, -0.1) is 0 Å². The maximum atomic E-state index is 13.3. The number of hydrogen-bond acceptors (Lipinski definition) is 2. The van der Waals surface area contributed by atoms with Crippen molar-refractivity contribution in [1.82, 2.24) is 9.47 Å². The zero-order chi connectivity index (χ0) is 18.0. The quantitative estimate of drug-likeness (QED) is 0.815. The Hall–Kier alpha value is -1.81. The standard InChI is InChI=1S/C21H30N2O2/c1-5-6-8-16-13-23(14-20(25-16)15(2)3)21(24)18-9-7-10-19-17(18)11-12-22(19)4/h7,9-12,15-16,20H,5-6,8,13-14H2,1-4H3/t16-,20-/m1/s1. The number of benzene rings is 1. The van der Waals surface area contributed by atoms with Crippen molar-refractivity contribution in [3.63, 3.8) is 0 Å². The Kier molecular flexibility index (Phi) is 5.48. The van der Waals surface area contributed by atoms with E-state index >= 15 is 0 Å². The lowest BCUT2D eigenvalue weighted by Crippen LogP contribution is -2.51. The van der Waals surface area contributed by atoms with Crippen LogP contribution in [-0.4, -0.2) is 40.7 Å². The molecule has 0 spiro atoms. The summed E-state index contributed by atoms with van der Waals surface area (Å²) < 4.78 is 8.32. The van der Waals surface area contributed by atoms with Crippen molar-refractivity contribution in [1.29, 1.82) is 0 Å². The monoisotopic (exact) mass is 342 g/mol. The lowest BCUT2D eigenvalue weighted by Gasteiger charge is -2.40. The number of ether oxygens (including phenoxy) is 1. The number of aryl methyl sites for hydroxylation is 1. The SMILES string of the molecule is CCCC[C@@H]1CN(C(=O)c2cccc3c2ccn3C)C[C@H](C(C)C)O1. The molecule has 1 aliphatic heterocycles. The molecular weight excluding hydrogens is 312 g/mol. The van der Waals surface area contributed by atoms with Crippen molar-refractivity contribution >= 4 is 16.8 Å². The highest BCUT2D eigenvalue weighted by molar-refractivity contribution is 6.06. The van der Waals surface area contributed by atoms with Crippen LogP contribution < -0.4 is 0 Å². The van der Waals surface area contributed by atoms with Crippen LogP contribution in [0.15, 0.2) is 30.5 Å². The average molecular weight is 342 g/mol. The Morgan fingerprint density at radius 1 is 1.28 bits per heavy atom. The van der Waals surface area contributed by atoms with Gasteiger partial charge in [-0.3, -0.25) is 4.79 Å². The van der Waals surface area contributed by atoms with E-state index in [0.29, 0.717) is 19.0 Å². The fraction of sp³-hybridized carbons (Fsp3) is 0.571. The normalized spacial score (nSPS) is 21.2. The largest absolute Gasteiger partial charge is 0.371 e. The van der Waals surface area contributed by atoms with E-state index in [9.17, 15) is 4.79 Å². The molecule has 0 aliphatic carbocycles. The van der Waals surface area contributed by atoms with Gasteiger partial charge in [0, 0.05) is 42.8 Å². The Bertz CT molecular complexity index is 735. The van der Waals surface area contributed by atoms with E-state index in [2.05, 4.69) is 31.4 Å². The van der Waals surface area contributed by atoms with Gasteiger partial charge in [0.2, 0.25) is 0 Å². The second kappa shape index (κ2) is 7.61. The van der Waals surface area contributed by atoms with Gasteiger partial charge in [-0.05, 0) is 30.5 Å². The summed E-state index contributed by atoms with van der Waals surface area (Å²) in [5.74, 6) is 0.541. The molecular formula is C21H30N2O2. The predicted octanol–water partition coefficient (Wildman–Crippen LogP) is 4.23. The van der Waals surface area contributed by atoms with Gasteiger partial charge in [0.05, 0.1) is 12.2 Å². The van der Waals surface area contributed by atoms with E-state index in [1.54, 1.807) is 0 Å². The topological polar surface area (TPSA) is 34.5 Å². The summed E-state index contributed by atoms with van der Waals surface area (Å²) in [5.41, 5.74) is 1.90. The number of morpholine rings is 1. The molecule has 2 atom stereocenters. The van der Waals surface area contributed by atoms with E-state index in [4.69, 9.17) is 4.74 Å². The van der Waals surface area contributed by atoms with Crippen LogP contribution in [0.2, 0.25) is 0 Å². The van der Waals surface area contributed by atoms with Crippen molar-refractivity contribution in [2.24, 2.45) is 13.0 Å². The van der Waals surface area contributed by atoms with Crippen molar-refractivity contribution in [2.45, 2.75) is 52.2 Å². The minimum absolute atomic E-state index is 0.120. The van der Waals surface area contributed by atoms with Gasteiger partial charge in [0.25, 0.3) is 5.91 Å². The van der Waals surface area contributed by atoms with Gasteiger partial charge in [-0.2, -0.15) is 0 Å². The Morgan fingerprint density at radius 2 is 2.08 bits per heavy atom. The molecule has 1 aliphatic rings. The molecule has 1 saturated heterocycles. The molecule has 0 radical (unpaired) electrons.